The molecule has 2 heterocycles. The van der Waals surface area contributed by atoms with Crippen molar-refractivity contribution in [3.05, 3.63) is 176 Å². The van der Waals surface area contributed by atoms with Crippen molar-refractivity contribution in [3.63, 3.8) is 0 Å². The van der Waals surface area contributed by atoms with Gasteiger partial charge in [-0.2, -0.15) is 0 Å². The molecule has 236 valence electrons. The second-order valence-corrected chi connectivity index (χ2v) is 12.1. The first-order valence-electron chi connectivity index (χ1n) is 16.5. The Kier molecular flexibility index (Phi) is 7.41. The maximum absolute atomic E-state index is 6.25. The normalized spacial score (nSPS) is 11.2. The van der Waals surface area contributed by atoms with Crippen molar-refractivity contribution in [2.45, 2.75) is 0 Å². The van der Waals surface area contributed by atoms with E-state index in [2.05, 4.69) is 72.8 Å². The zero-order valence-electron chi connectivity index (χ0n) is 26.9. The Balaban J connectivity index is 0.964. The van der Waals surface area contributed by atoms with Crippen LogP contribution >= 0.6 is 0 Å². The molecule has 0 aliphatic carbocycles. The van der Waals surface area contributed by atoms with Gasteiger partial charge in [0.15, 0.2) is 17.5 Å². The summed E-state index contributed by atoms with van der Waals surface area (Å²) >= 11 is 0. The SMILES string of the molecule is c1ccc(-c2ccc3oc4ccc(-c5ccc(Oc6ccc(-c7nc(-c8ccccc8)nc(-c8ccccc8)n7)cc6)cc5)cc4c3c2)cc1. The molecule has 9 aromatic rings. The van der Waals surface area contributed by atoms with Gasteiger partial charge in [0.1, 0.15) is 22.7 Å². The molecule has 0 N–H and O–H groups in total. The maximum Gasteiger partial charge on any atom is 0.164 e. The number of hydrogen-bond acceptors (Lipinski definition) is 5. The second kappa shape index (κ2) is 12.6. The van der Waals surface area contributed by atoms with Gasteiger partial charge in [-0.25, -0.2) is 15.0 Å². The molecule has 0 spiro atoms. The number of furan rings is 1. The molecule has 0 amide bonds. The molecule has 0 saturated heterocycles. The number of nitrogens with zero attached hydrogens (tertiary/aromatic N) is 3. The molecular weight excluding hydrogens is 615 g/mol. The molecule has 0 aliphatic rings. The monoisotopic (exact) mass is 643 g/mol. The van der Waals surface area contributed by atoms with E-state index >= 15 is 0 Å². The minimum absolute atomic E-state index is 0.604. The fraction of sp³-hybridized carbons (Fsp3) is 0. The Morgan fingerprint density at radius 2 is 0.660 bits per heavy atom. The molecule has 0 fully saturated rings. The first-order valence-corrected chi connectivity index (χ1v) is 16.5. The number of benzene rings is 7. The fourth-order valence-corrected chi connectivity index (χ4v) is 6.23. The highest BCUT2D eigenvalue weighted by molar-refractivity contribution is 6.07. The summed E-state index contributed by atoms with van der Waals surface area (Å²) in [4.78, 5) is 14.5. The lowest BCUT2D eigenvalue weighted by atomic mass is 10.0. The summed E-state index contributed by atoms with van der Waals surface area (Å²) in [7, 11) is 0. The van der Waals surface area contributed by atoms with E-state index in [4.69, 9.17) is 24.1 Å². The third-order valence-electron chi connectivity index (χ3n) is 8.81. The summed E-state index contributed by atoms with van der Waals surface area (Å²) in [5, 5.41) is 2.21. The van der Waals surface area contributed by atoms with Crippen molar-refractivity contribution in [2.24, 2.45) is 0 Å². The van der Waals surface area contributed by atoms with Crippen LogP contribution < -0.4 is 4.74 Å². The molecule has 50 heavy (non-hydrogen) atoms. The van der Waals surface area contributed by atoms with Gasteiger partial charge in [-0.15, -0.1) is 0 Å². The Morgan fingerprint density at radius 3 is 1.10 bits per heavy atom. The number of hydrogen-bond donors (Lipinski definition) is 0. The third kappa shape index (κ3) is 5.78. The number of ether oxygens (including phenoxy) is 1. The molecule has 0 aliphatic heterocycles. The van der Waals surface area contributed by atoms with Gasteiger partial charge in [-0.3, -0.25) is 0 Å². The summed E-state index contributed by atoms with van der Waals surface area (Å²) in [6, 6.07) is 59.2. The average molecular weight is 644 g/mol. The minimum atomic E-state index is 0.604. The van der Waals surface area contributed by atoms with Crippen LogP contribution in [-0.2, 0) is 0 Å². The molecular formula is C45H29N3O2. The lowest BCUT2D eigenvalue weighted by Crippen LogP contribution is -2.00. The quantitative estimate of drug-likeness (QED) is 0.173. The van der Waals surface area contributed by atoms with Gasteiger partial charge >= 0.3 is 0 Å². The summed E-state index contributed by atoms with van der Waals surface area (Å²) in [6.07, 6.45) is 0. The second-order valence-electron chi connectivity index (χ2n) is 12.1. The molecule has 5 heteroatoms. The van der Waals surface area contributed by atoms with E-state index in [1.807, 2.05) is 103 Å². The Morgan fingerprint density at radius 1 is 0.320 bits per heavy atom. The largest absolute Gasteiger partial charge is 0.457 e. The van der Waals surface area contributed by atoms with E-state index in [-0.39, 0.29) is 0 Å². The molecule has 0 atom stereocenters. The van der Waals surface area contributed by atoms with E-state index in [1.54, 1.807) is 0 Å². The Hall–Kier alpha value is -6.85. The van der Waals surface area contributed by atoms with Crippen molar-refractivity contribution in [2.75, 3.05) is 0 Å². The van der Waals surface area contributed by atoms with Gasteiger partial charge in [0.05, 0.1) is 0 Å². The van der Waals surface area contributed by atoms with Crippen LogP contribution in [0.2, 0.25) is 0 Å². The minimum Gasteiger partial charge on any atom is -0.457 e. The van der Waals surface area contributed by atoms with Gasteiger partial charge in [0.2, 0.25) is 0 Å². The molecule has 0 bridgehead atoms. The predicted molar refractivity (Wildman–Crippen MR) is 201 cm³/mol. The van der Waals surface area contributed by atoms with E-state index in [1.165, 1.54) is 11.1 Å². The van der Waals surface area contributed by atoms with Crippen LogP contribution in [-0.4, -0.2) is 15.0 Å². The van der Waals surface area contributed by atoms with E-state index in [0.717, 1.165) is 61.3 Å². The van der Waals surface area contributed by atoms with Crippen LogP contribution in [0.5, 0.6) is 11.5 Å². The Labute approximate surface area is 289 Å². The highest BCUT2D eigenvalue weighted by atomic mass is 16.5. The first kappa shape index (κ1) is 29.3. The van der Waals surface area contributed by atoms with Crippen LogP contribution in [0.1, 0.15) is 0 Å². The maximum atomic E-state index is 6.25. The summed E-state index contributed by atoms with van der Waals surface area (Å²) < 4.78 is 12.4. The van der Waals surface area contributed by atoms with Crippen LogP contribution in [0, 0.1) is 0 Å². The van der Waals surface area contributed by atoms with E-state index < -0.39 is 0 Å². The van der Waals surface area contributed by atoms with Crippen LogP contribution in [0.25, 0.3) is 78.4 Å². The van der Waals surface area contributed by atoms with Crippen LogP contribution in [0.3, 0.4) is 0 Å². The van der Waals surface area contributed by atoms with Crippen molar-refractivity contribution in [1.82, 2.24) is 15.0 Å². The lowest BCUT2D eigenvalue weighted by molar-refractivity contribution is 0.483. The molecule has 0 unspecified atom stereocenters. The van der Waals surface area contributed by atoms with Gasteiger partial charge in [0, 0.05) is 27.5 Å². The molecule has 7 aromatic carbocycles. The number of aromatic nitrogens is 3. The summed E-state index contributed by atoms with van der Waals surface area (Å²) in [5.41, 5.74) is 9.08. The number of fused-ring (bicyclic) bond motifs is 3. The lowest BCUT2D eigenvalue weighted by Gasteiger charge is -2.10. The van der Waals surface area contributed by atoms with E-state index in [0.29, 0.717) is 17.5 Å². The zero-order valence-corrected chi connectivity index (χ0v) is 26.9. The van der Waals surface area contributed by atoms with Crippen LogP contribution in [0.4, 0.5) is 0 Å². The van der Waals surface area contributed by atoms with Gasteiger partial charge in [-0.05, 0) is 82.9 Å². The average Bonchev–Trinajstić information content (AvgIpc) is 3.57. The molecule has 9 rings (SSSR count). The Bertz CT molecular complexity index is 2520. The topological polar surface area (TPSA) is 61.0 Å². The summed E-state index contributed by atoms with van der Waals surface area (Å²) in [5.74, 6) is 3.34. The van der Waals surface area contributed by atoms with Gasteiger partial charge in [-0.1, -0.05) is 115 Å². The zero-order chi connectivity index (χ0) is 33.3. The third-order valence-corrected chi connectivity index (χ3v) is 8.81. The standard InChI is InChI=1S/C45H29N3O2/c1-4-10-30(11-5-1)35-20-26-41-39(28-35)40-29-36(21-27-42(40)50-41)31-16-22-37(23-17-31)49-38-24-18-34(19-25-38)45-47-43(32-12-6-2-7-13-32)46-44(48-45)33-14-8-3-9-15-33/h1-29H. The summed E-state index contributed by atoms with van der Waals surface area (Å²) in [6.45, 7) is 0. The highest BCUT2D eigenvalue weighted by Gasteiger charge is 2.13. The van der Waals surface area contributed by atoms with Gasteiger partial charge < -0.3 is 9.15 Å². The molecule has 0 radical (unpaired) electrons. The fourth-order valence-electron chi connectivity index (χ4n) is 6.23. The highest BCUT2D eigenvalue weighted by Crippen LogP contribution is 2.36. The van der Waals surface area contributed by atoms with Crippen molar-refractivity contribution in [1.29, 1.82) is 0 Å². The van der Waals surface area contributed by atoms with Crippen molar-refractivity contribution in [3.8, 4) is 67.9 Å². The van der Waals surface area contributed by atoms with E-state index in [9.17, 15) is 0 Å². The van der Waals surface area contributed by atoms with Crippen molar-refractivity contribution < 1.29 is 9.15 Å². The molecule has 2 aromatic heterocycles. The van der Waals surface area contributed by atoms with Crippen molar-refractivity contribution >= 4 is 21.9 Å². The molecule has 5 nitrogen and oxygen atoms in total. The van der Waals surface area contributed by atoms with Crippen LogP contribution in [0.15, 0.2) is 180 Å². The number of rotatable bonds is 7. The predicted octanol–water partition coefficient (Wildman–Crippen LogP) is 11.9. The van der Waals surface area contributed by atoms with Gasteiger partial charge in [0.25, 0.3) is 0 Å². The first-order chi connectivity index (χ1) is 24.7. The molecule has 0 saturated carbocycles. The smallest absolute Gasteiger partial charge is 0.164 e.